The van der Waals surface area contributed by atoms with E-state index in [1.807, 2.05) is 49.9 Å². The first-order valence-electron chi connectivity index (χ1n) is 12.1. The van der Waals surface area contributed by atoms with Crippen LogP contribution in [0.4, 0.5) is 0 Å². The second-order valence-electron chi connectivity index (χ2n) is 9.45. The van der Waals surface area contributed by atoms with Crippen molar-refractivity contribution in [3.63, 3.8) is 0 Å². The fraction of sp³-hybridized carbons (Fsp3) is 0.654. The Labute approximate surface area is 201 Å². The molecule has 0 aliphatic carbocycles. The molecule has 3 amide bonds. The molecule has 1 saturated heterocycles. The molecular formula is C26H46N4O3. The molecule has 2 N–H and O–H groups in total. The maximum atomic E-state index is 12.7. The first kappa shape index (κ1) is 30.6. The number of carbonyl (C=O) groups is 3. The highest BCUT2D eigenvalue weighted by Gasteiger charge is 2.22. The highest BCUT2D eigenvalue weighted by Crippen LogP contribution is 2.11. The third kappa shape index (κ3) is 15.1. The lowest BCUT2D eigenvalue weighted by Crippen LogP contribution is -2.50. The number of piperazine rings is 1. The summed E-state index contributed by atoms with van der Waals surface area (Å²) in [7, 11) is 0. The molecule has 1 fully saturated rings. The van der Waals surface area contributed by atoms with Crippen molar-refractivity contribution in [2.75, 3.05) is 39.3 Å². The molecule has 0 saturated carbocycles. The minimum Gasteiger partial charge on any atom is -0.355 e. The van der Waals surface area contributed by atoms with Gasteiger partial charge >= 0.3 is 0 Å². The Morgan fingerprint density at radius 2 is 1.55 bits per heavy atom. The first-order chi connectivity index (χ1) is 15.5. The summed E-state index contributed by atoms with van der Waals surface area (Å²) in [5.41, 5.74) is 2.08. The molecule has 0 bridgehead atoms. The van der Waals surface area contributed by atoms with Crippen LogP contribution >= 0.6 is 0 Å². The van der Waals surface area contributed by atoms with Crippen molar-refractivity contribution in [1.82, 2.24) is 20.4 Å². The van der Waals surface area contributed by atoms with Gasteiger partial charge in [0.2, 0.25) is 11.8 Å². The molecule has 33 heavy (non-hydrogen) atoms. The lowest BCUT2D eigenvalue weighted by atomic mass is 10.0. The molecule has 0 spiro atoms. The van der Waals surface area contributed by atoms with Crippen LogP contribution in [0, 0.1) is 5.41 Å². The van der Waals surface area contributed by atoms with Crippen LogP contribution in [-0.4, -0.2) is 66.8 Å². The molecular weight excluding hydrogens is 416 g/mol. The van der Waals surface area contributed by atoms with Crippen molar-refractivity contribution in [1.29, 1.82) is 0 Å². The monoisotopic (exact) mass is 462 g/mol. The lowest BCUT2D eigenvalue weighted by molar-refractivity contribution is -0.121. The van der Waals surface area contributed by atoms with Gasteiger partial charge in [-0.15, -0.1) is 0 Å². The van der Waals surface area contributed by atoms with Gasteiger partial charge in [-0.25, -0.2) is 0 Å². The standard InChI is InChI=1S/C19H28N4O3.C5H12.C2H6/c1-3-18(25)21-14-16-5-4-6-17(13-16)19(26)23-11-9-22(10-12-23)8-7-20-15(2)24;1-5(2,3)4;1-2/h4-6,13H,3,7-12,14H2,1-2H3,(H,20,24)(H,21,25);1-4H3;1-2H3. The zero-order chi connectivity index (χ0) is 25.4. The Hall–Kier alpha value is -2.41. The van der Waals surface area contributed by atoms with E-state index < -0.39 is 0 Å². The average Bonchev–Trinajstić information content (AvgIpc) is 2.77. The minimum atomic E-state index is -0.0196. The molecule has 1 heterocycles. The second kappa shape index (κ2) is 16.2. The summed E-state index contributed by atoms with van der Waals surface area (Å²) in [6, 6.07) is 7.43. The fourth-order valence-electron chi connectivity index (χ4n) is 2.89. The summed E-state index contributed by atoms with van der Waals surface area (Å²) >= 11 is 0. The molecule has 1 aromatic rings. The SMILES string of the molecule is CC.CC(C)(C)C.CCC(=O)NCc1cccc(C(=O)N2CCN(CCNC(C)=O)CC2)c1. The van der Waals surface area contributed by atoms with Crippen LogP contribution in [0.1, 0.15) is 77.7 Å². The Balaban J connectivity index is 0.00000129. The highest BCUT2D eigenvalue weighted by atomic mass is 16.2. The number of hydrogen-bond acceptors (Lipinski definition) is 4. The summed E-state index contributed by atoms with van der Waals surface area (Å²) in [4.78, 5) is 39.1. The molecule has 0 unspecified atom stereocenters. The number of hydrogen-bond donors (Lipinski definition) is 2. The summed E-state index contributed by atoms with van der Waals surface area (Å²) in [5.74, 6) is 0.00103. The zero-order valence-electron chi connectivity index (χ0n) is 22.1. The van der Waals surface area contributed by atoms with Gasteiger partial charge in [0, 0.05) is 64.7 Å². The van der Waals surface area contributed by atoms with E-state index >= 15 is 0 Å². The second-order valence-corrected chi connectivity index (χ2v) is 9.45. The maximum Gasteiger partial charge on any atom is 0.253 e. The topological polar surface area (TPSA) is 81.8 Å². The molecule has 188 valence electrons. The largest absolute Gasteiger partial charge is 0.355 e. The number of benzene rings is 1. The number of carbonyl (C=O) groups excluding carboxylic acids is 3. The molecule has 1 aliphatic rings. The van der Waals surface area contributed by atoms with E-state index in [-0.39, 0.29) is 17.7 Å². The van der Waals surface area contributed by atoms with Gasteiger partial charge in [0.15, 0.2) is 0 Å². The quantitative estimate of drug-likeness (QED) is 0.648. The van der Waals surface area contributed by atoms with Gasteiger partial charge in [0.05, 0.1) is 0 Å². The van der Waals surface area contributed by atoms with Gasteiger partial charge in [-0.3, -0.25) is 19.3 Å². The Morgan fingerprint density at radius 1 is 0.970 bits per heavy atom. The number of rotatable bonds is 7. The van der Waals surface area contributed by atoms with Crippen LogP contribution in [0.15, 0.2) is 24.3 Å². The summed E-state index contributed by atoms with van der Waals surface area (Å²) in [5, 5.41) is 5.62. The van der Waals surface area contributed by atoms with Crippen molar-refractivity contribution >= 4 is 17.7 Å². The lowest BCUT2D eigenvalue weighted by Gasteiger charge is -2.34. The third-order valence-corrected chi connectivity index (χ3v) is 4.45. The Kier molecular flexibility index (Phi) is 15.1. The number of amides is 3. The van der Waals surface area contributed by atoms with Crippen molar-refractivity contribution in [3.8, 4) is 0 Å². The van der Waals surface area contributed by atoms with Gasteiger partial charge in [-0.05, 0) is 23.1 Å². The zero-order valence-corrected chi connectivity index (χ0v) is 22.1. The number of nitrogens with one attached hydrogen (secondary N) is 2. The van der Waals surface area contributed by atoms with Crippen molar-refractivity contribution in [2.24, 2.45) is 5.41 Å². The van der Waals surface area contributed by atoms with Crippen molar-refractivity contribution in [2.45, 2.75) is 68.4 Å². The van der Waals surface area contributed by atoms with Crippen LogP contribution in [0.2, 0.25) is 0 Å². The third-order valence-electron chi connectivity index (χ3n) is 4.45. The van der Waals surface area contributed by atoms with Crippen LogP contribution in [0.3, 0.4) is 0 Å². The van der Waals surface area contributed by atoms with Gasteiger partial charge < -0.3 is 15.5 Å². The predicted molar refractivity (Wildman–Crippen MR) is 136 cm³/mol. The number of nitrogens with zero attached hydrogens (tertiary/aromatic N) is 2. The van der Waals surface area contributed by atoms with E-state index in [1.165, 1.54) is 6.92 Å². The Morgan fingerprint density at radius 3 is 2.06 bits per heavy atom. The molecule has 0 radical (unpaired) electrons. The van der Waals surface area contributed by atoms with Gasteiger partial charge in [0.25, 0.3) is 5.91 Å². The molecule has 1 aliphatic heterocycles. The van der Waals surface area contributed by atoms with Crippen LogP contribution in [0.25, 0.3) is 0 Å². The summed E-state index contributed by atoms with van der Waals surface area (Å²) in [6.45, 7) is 20.9. The van der Waals surface area contributed by atoms with E-state index in [1.54, 1.807) is 0 Å². The minimum absolute atomic E-state index is 0.00267. The van der Waals surface area contributed by atoms with Gasteiger partial charge in [-0.2, -0.15) is 0 Å². The fourth-order valence-corrected chi connectivity index (χ4v) is 2.89. The summed E-state index contributed by atoms with van der Waals surface area (Å²) < 4.78 is 0. The molecule has 7 heteroatoms. The normalized spacial score (nSPS) is 13.6. The van der Waals surface area contributed by atoms with Crippen LogP contribution in [0.5, 0.6) is 0 Å². The average molecular weight is 463 g/mol. The van der Waals surface area contributed by atoms with E-state index in [4.69, 9.17) is 0 Å². The van der Waals surface area contributed by atoms with Crippen LogP contribution < -0.4 is 10.6 Å². The highest BCUT2D eigenvalue weighted by molar-refractivity contribution is 5.94. The van der Waals surface area contributed by atoms with E-state index in [9.17, 15) is 14.4 Å². The van der Waals surface area contributed by atoms with Gasteiger partial charge in [0.1, 0.15) is 0 Å². The predicted octanol–water partition coefficient (Wildman–Crippen LogP) is 3.69. The van der Waals surface area contributed by atoms with Crippen LogP contribution in [-0.2, 0) is 16.1 Å². The Bertz CT molecular complexity index is 714. The summed E-state index contributed by atoms with van der Waals surface area (Å²) in [6.07, 6.45) is 0.449. The maximum absolute atomic E-state index is 12.7. The molecule has 7 nitrogen and oxygen atoms in total. The smallest absolute Gasteiger partial charge is 0.253 e. The molecule has 0 atom stereocenters. The molecule has 2 rings (SSSR count). The van der Waals surface area contributed by atoms with Gasteiger partial charge in [-0.1, -0.05) is 60.6 Å². The van der Waals surface area contributed by atoms with Crippen molar-refractivity contribution < 1.29 is 14.4 Å². The van der Waals surface area contributed by atoms with E-state index in [0.717, 1.165) is 25.2 Å². The van der Waals surface area contributed by atoms with E-state index in [2.05, 4.69) is 43.2 Å². The van der Waals surface area contributed by atoms with E-state index in [0.29, 0.717) is 43.6 Å². The molecule has 1 aromatic carbocycles. The van der Waals surface area contributed by atoms with Crippen molar-refractivity contribution in [3.05, 3.63) is 35.4 Å². The molecule has 0 aromatic heterocycles. The first-order valence-corrected chi connectivity index (χ1v) is 12.1.